The van der Waals surface area contributed by atoms with E-state index >= 15 is 0 Å². The van der Waals surface area contributed by atoms with E-state index in [9.17, 15) is 9.59 Å². The fraction of sp³-hybridized carbons (Fsp3) is 0.872. The SMILES string of the molecule is CCCCCCCC/C=C\CCCCCCCC(=O)NCC[N+](C)(CCNC(=O)CCCCCCC/C=C\CCCCCCCC)CCOCCOCCO. The van der Waals surface area contributed by atoms with Crippen LogP contribution >= 0.6 is 0 Å². The van der Waals surface area contributed by atoms with Crippen LogP contribution < -0.4 is 10.6 Å². The molecule has 0 rings (SSSR count). The number of quaternary nitrogens is 1. The van der Waals surface area contributed by atoms with Crippen molar-refractivity contribution in [3.05, 3.63) is 24.3 Å². The molecule has 55 heavy (non-hydrogen) atoms. The Kier molecular flexibility index (Phi) is 42.0. The maximum Gasteiger partial charge on any atom is 0.220 e. The summed E-state index contributed by atoms with van der Waals surface area (Å²) in [6.45, 7) is 9.98. The van der Waals surface area contributed by atoms with Crippen LogP contribution in [0.3, 0.4) is 0 Å². The Balaban J connectivity index is 4.15. The van der Waals surface area contributed by atoms with Gasteiger partial charge in [0.25, 0.3) is 0 Å². The summed E-state index contributed by atoms with van der Waals surface area (Å²) in [5.74, 6) is 0.268. The number of nitrogens with one attached hydrogen (secondary N) is 2. The average Bonchev–Trinajstić information content (AvgIpc) is 3.17. The Morgan fingerprint density at radius 3 is 1.20 bits per heavy atom. The number of aliphatic hydroxyl groups is 1. The minimum absolute atomic E-state index is 0.0148. The van der Waals surface area contributed by atoms with Crippen LogP contribution in [0.2, 0.25) is 0 Å². The van der Waals surface area contributed by atoms with Gasteiger partial charge < -0.3 is 29.7 Å². The quantitative estimate of drug-likeness (QED) is 0.0325. The molecule has 0 saturated heterocycles. The molecule has 0 aromatic carbocycles. The number of nitrogens with zero attached hydrogens (tertiary/aromatic N) is 1. The summed E-state index contributed by atoms with van der Waals surface area (Å²) in [4.78, 5) is 25.2. The van der Waals surface area contributed by atoms with Crippen LogP contribution in [0, 0.1) is 0 Å². The first kappa shape index (κ1) is 53.3. The van der Waals surface area contributed by atoms with Gasteiger partial charge in [0.15, 0.2) is 0 Å². The molecule has 2 amide bonds. The monoisotopic (exact) mass is 779 g/mol. The first-order valence-electron chi connectivity index (χ1n) is 23.4. The third kappa shape index (κ3) is 41.7. The van der Waals surface area contributed by atoms with Crippen LogP contribution in [-0.2, 0) is 19.1 Å². The number of hydrogen-bond donors (Lipinski definition) is 3. The highest BCUT2D eigenvalue weighted by Crippen LogP contribution is 2.12. The molecule has 8 heteroatoms. The second-order valence-corrected chi connectivity index (χ2v) is 16.1. The Morgan fingerprint density at radius 2 is 0.818 bits per heavy atom. The lowest BCUT2D eigenvalue weighted by molar-refractivity contribution is -0.907. The van der Waals surface area contributed by atoms with E-state index in [1.165, 1.54) is 141 Å². The predicted molar refractivity (Wildman–Crippen MR) is 234 cm³/mol. The summed E-state index contributed by atoms with van der Waals surface area (Å²) >= 11 is 0. The Labute approximate surface area is 341 Å². The van der Waals surface area contributed by atoms with Gasteiger partial charge in [-0.15, -0.1) is 0 Å². The number of amides is 2. The van der Waals surface area contributed by atoms with Gasteiger partial charge in [-0.05, 0) is 64.2 Å². The highest BCUT2D eigenvalue weighted by molar-refractivity contribution is 5.76. The van der Waals surface area contributed by atoms with Crippen molar-refractivity contribution in [2.45, 2.75) is 194 Å². The third-order valence-corrected chi connectivity index (χ3v) is 10.7. The van der Waals surface area contributed by atoms with Crippen molar-refractivity contribution in [3.63, 3.8) is 0 Å². The first-order chi connectivity index (χ1) is 27.0. The summed E-state index contributed by atoms with van der Waals surface area (Å²) < 4.78 is 11.8. The second kappa shape index (κ2) is 43.4. The normalized spacial score (nSPS) is 12.0. The molecule has 0 saturated carbocycles. The fourth-order valence-electron chi connectivity index (χ4n) is 6.83. The lowest BCUT2D eigenvalue weighted by Gasteiger charge is -2.34. The van der Waals surface area contributed by atoms with Crippen LogP contribution in [0.1, 0.15) is 194 Å². The van der Waals surface area contributed by atoms with E-state index in [2.05, 4.69) is 55.8 Å². The largest absolute Gasteiger partial charge is 0.394 e. The molecule has 0 heterocycles. The smallest absolute Gasteiger partial charge is 0.220 e. The standard InChI is InChI=1S/C47H91N3O5/c1-4-6-8-10-12-14-16-18-20-22-24-26-28-30-32-34-46(52)48-36-38-50(3,40-42-54-44-45-55-43-41-51)39-37-49-47(53)35-33-31-29-27-25-23-21-19-17-15-13-11-9-7-5-2/h18-21,51H,4-17,22-45H2,1-3H3,(H-,48,49,52,53)/p+1/b20-18-,21-19-. The first-order valence-corrected chi connectivity index (χ1v) is 23.4. The molecule has 0 radical (unpaired) electrons. The molecule has 324 valence electrons. The van der Waals surface area contributed by atoms with Gasteiger partial charge in [-0.1, -0.05) is 141 Å². The Morgan fingerprint density at radius 1 is 0.473 bits per heavy atom. The summed E-state index contributed by atoms with van der Waals surface area (Å²) in [5, 5.41) is 15.2. The zero-order chi connectivity index (χ0) is 40.2. The van der Waals surface area contributed by atoms with Crippen molar-refractivity contribution in [1.82, 2.24) is 10.6 Å². The molecule has 0 bridgehead atoms. The molecule has 0 atom stereocenters. The number of unbranched alkanes of at least 4 members (excludes halogenated alkanes) is 22. The van der Waals surface area contributed by atoms with Gasteiger partial charge in [0, 0.05) is 12.8 Å². The number of carbonyl (C=O) groups excluding carboxylic acids is 2. The van der Waals surface area contributed by atoms with Crippen LogP contribution in [0.25, 0.3) is 0 Å². The van der Waals surface area contributed by atoms with Gasteiger partial charge in [0.2, 0.25) is 11.8 Å². The predicted octanol–water partition coefficient (Wildman–Crippen LogP) is 10.8. The molecule has 8 nitrogen and oxygen atoms in total. The van der Waals surface area contributed by atoms with Gasteiger partial charge in [0.1, 0.15) is 6.54 Å². The van der Waals surface area contributed by atoms with Crippen molar-refractivity contribution in [2.24, 2.45) is 0 Å². The zero-order valence-corrected chi connectivity index (χ0v) is 36.7. The average molecular weight is 779 g/mol. The maximum absolute atomic E-state index is 12.6. The highest BCUT2D eigenvalue weighted by atomic mass is 16.5. The lowest BCUT2D eigenvalue weighted by Crippen LogP contribution is -2.53. The summed E-state index contributed by atoms with van der Waals surface area (Å²) in [6.07, 6.45) is 43.2. The molecular weight excluding hydrogens is 687 g/mol. The van der Waals surface area contributed by atoms with Crippen molar-refractivity contribution >= 4 is 11.8 Å². The highest BCUT2D eigenvalue weighted by Gasteiger charge is 2.22. The molecule has 0 fully saturated rings. The molecule has 0 aliphatic carbocycles. The summed E-state index contributed by atoms with van der Waals surface area (Å²) in [7, 11) is 2.18. The minimum Gasteiger partial charge on any atom is -0.394 e. The van der Waals surface area contributed by atoms with Gasteiger partial charge in [-0.2, -0.15) is 0 Å². The summed E-state index contributed by atoms with van der Waals surface area (Å²) in [6, 6.07) is 0. The van der Waals surface area contributed by atoms with E-state index in [-0.39, 0.29) is 18.4 Å². The molecule has 0 aromatic rings. The number of ether oxygens (including phenoxy) is 2. The van der Waals surface area contributed by atoms with E-state index in [1.807, 2.05) is 0 Å². The Hall–Kier alpha value is -1.74. The van der Waals surface area contributed by atoms with Crippen LogP contribution in [-0.4, -0.2) is 94.2 Å². The van der Waals surface area contributed by atoms with Crippen molar-refractivity contribution in [3.8, 4) is 0 Å². The minimum atomic E-state index is 0.0148. The van der Waals surface area contributed by atoms with E-state index < -0.39 is 0 Å². The maximum atomic E-state index is 12.6. The number of carbonyl (C=O) groups is 2. The number of aliphatic hydroxyl groups excluding tert-OH is 1. The molecule has 0 aliphatic heterocycles. The van der Waals surface area contributed by atoms with Crippen molar-refractivity contribution < 1.29 is 28.7 Å². The molecular formula is C47H92N3O5+. The Bertz CT molecular complexity index is 823. The van der Waals surface area contributed by atoms with E-state index in [1.54, 1.807) is 0 Å². The second-order valence-electron chi connectivity index (χ2n) is 16.1. The van der Waals surface area contributed by atoms with Crippen molar-refractivity contribution in [1.29, 1.82) is 0 Å². The van der Waals surface area contributed by atoms with E-state index in [4.69, 9.17) is 14.6 Å². The zero-order valence-electron chi connectivity index (χ0n) is 36.7. The van der Waals surface area contributed by atoms with Crippen LogP contribution in [0.5, 0.6) is 0 Å². The van der Waals surface area contributed by atoms with Crippen LogP contribution in [0.4, 0.5) is 0 Å². The number of rotatable bonds is 44. The number of hydrogen-bond acceptors (Lipinski definition) is 5. The molecule has 0 unspecified atom stereocenters. The van der Waals surface area contributed by atoms with Crippen LogP contribution in [0.15, 0.2) is 24.3 Å². The summed E-state index contributed by atoms with van der Waals surface area (Å²) in [5.41, 5.74) is 0. The van der Waals surface area contributed by atoms with Crippen molar-refractivity contribution in [2.75, 3.05) is 72.8 Å². The van der Waals surface area contributed by atoms with Gasteiger partial charge in [0.05, 0.1) is 66.3 Å². The number of allylic oxidation sites excluding steroid dienone is 4. The lowest BCUT2D eigenvalue weighted by atomic mass is 10.1. The molecule has 3 N–H and O–H groups in total. The topological polar surface area (TPSA) is 96.9 Å². The van der Waals surface area contributed by atoms with Gasteiger partial charge in [-0.3, -0.25) is 9.59 Å². The number of likely N-dealkylation sites (N-methyl/N-ethyl adjacent to an activating group) is 1. The fourth-order valence-corrected chi connectivity index (χ4v) is 6.83. The van der Waals surface area contributed by atoms with E-state index in [0.29, 0.717) is 56.8 Å². The molecule has 0 aromatic heterocycles. The molecule has 0 aliphatic rings. The van der Waals surface area contributed by atoms with Gasteiger partial charge in [-0.25, -0.2) is 0 Å². The van der Waals surface area contributed by atoms with E-state index in [0.717, 1.165) is 45.3 Å². The third-order valence-electron chi connectivity index (χ3n) is 10.7. The molecule has 0 spiro atoms. The van der Waals surface area contributed by atoms with Gasteiger partial charge >= 0.3 is 0 Å².